The Morgan fingerprint density at radius 3 is 2.68 bits per heavy atom. The van der Waals surface area contributed by atoms with E-state index < -0.39 is 0 Å². The van der Waals surface area contributed by atoms with Gasteiger partial charge in [0.2, 0.25) is 0 Å². The second kappa shape index (κ2) is 7.44. The first kappa shape index (κ1) is 18.2. The third-order valence-electron chi connectivity index (χ3n) is 4.78. The van der Waals surface area contributed by atoms with Crippen LogP contribution in [0.2, 0.25) is 5.02 Å². The first-order valence-corrected chi connectivity index (χ1v) is 9.28. The summed E-state index contributed by atoms with van der Waals surface area (Å²) in [7, 11) is 0. The summed E-state index contributed by atoms with van der Waals surface area (Å²) in [5.74, 6) is 0.489. The average Bonchev–Trinajstić information content (AvgIpc) is 3.34. The fourth-order valence-electron chi connectivity index (χ4n) is 3.30. The number of aryl methyl sites for hydroxylation is 2. The first-order valence-electron chi connectivity index (χ1n) is 8.90. The maximum absolute atomic E-state index is 12.4. The molecule has 4 rings (SSSR count). The summed E-state index contributed by atoms with van der Waals surface area (Å²) in [4.78, 5) is 20.1. The van der Waals surface area contributed by atoms with Crippen LogP contribution in [0, 0.1) is 13.8 Å². The monoisotopic (exact) mass is 394 g/mol. The van der Waals surface area contributed by atoms with Crippen LogP contribution in [0.25, 0.3) is 16.7 Å². The summed E-state index contributed by atoms with van der Waals surface area (Å²) in [6.45, 7) is 4.58. The zero-order chi connectivity index (χ0) is 19.7. The molecule has 2 N–H and O–H groups in total. The Hall–Kier alpha value is -3.19. The molecule has 28 heavy (non-hydrogen) atoms. The molecule has 0 aliphatic heterocycles. The smallest absolute Gasteiger partial charge is 0.252 e. The van der Waals surface area contributed by atoms with Crippen LogP contribution in [0.4, 0.5) is 0 Å². The summed E-state index contributed by atoms with van der Waals surface area (Å²) in [5.41, 5.74) is 4.91. The van der Waals surface area contributed by atoms with E-state index in [1.54, 1.807) is 35.6 Å². The maximum atomic E-state index is 12.4. The highest BCUT2D eigenvalue weighted by molar-refractivity contribution is 6.35. The first-order chi connectivity index (χ1) is 13.5. The van der Waals surface area contributed by atoms with Crippen molar-refractivity contribution in [2.45, 2.75) is 20.3 Å². The highest BCUT2D eigenvalue weighted by Crippen LogP contribution is 2.31. The van der Waals surface area contributed by atoms with Gasteiger partial charge in [0.15, 0.2) is 0 Å². The second-order valence-corrected chi connectivity index (χ2v) is 7.03. The molecule has 8 heteroatoms. The van der Waals surface area contributed by atoms with Crippen molar-refractivity contribution in [1.82, 2.24) is 30.0 Å². The number of halogens is 1. The average molecular weight is 395 g/mol. The van der Waals surface area contributed by atoms with Gasteiger partial charge in [-0.05, 0) is 49.6 Å². The molecule has 0 aliphatic rings. The summed E-state index contributed by atoms with van der Waals surface area (Å²) in [5, 5.41) is 12.2. The molecule has 0 fully saturated rings. The summed E-state index contributed by atoms with van der Waals surface area (Å²) in [6, 6.07) is 7.40. The molecular formula is C20H19ClN6O. The Morgan fingerprint density at radius 2 is 1.96 bits per heavy atom. The lowest BCUT2D eigenvalue weighted by molar-refractivity contribution is 0.0954. The zero-order valence-corrected chi connectivity index (χ0v) is 16.3. The van der Waals surface area contributed by atoms with Gasteiger partial charge in [0.05, 0.1) is 16.1 Å². The van der Waals surface area contributed by atoms with Gasteiger partial charge in [0.1, 0.15) is 18.5 Å². The van der Waals surface area contributed by atoms with E-state index >= 15 is 0 Å². The quantitative estimate of drug-likeness (QED) is 0.543. The standard InChI is InChI=1S/C20H19ClN6O/c1-12-3-5-16(21)18-15(13(2)26-19(12)18)7-8-22-20(28)14-4-6-17(23-9-14)27-10-24-25-11-27/h3-6,9-11,26H,7-8H2,1-2H3,(H,22,28). The molecule has 0 aliphatic carbocycles. The molecule has 0 saturated heterocycles. The normalized spacial score (nSPS) is 11.1. The minimum absolute atomic E-state index is 0.164. The van der Waals surface area contributed by atoms with Gasteiger partial charge in [-0.2, -0.15) is 0 Å². The summed E-state index contributed by atoms with van der Waals surface area (Å²) in [6.07, 6.45) is 5.34. The molecular weight excluding hydrogens is 376 g/mol. The fraction of sp³-hybridized carbons (Fsp3) is 0.200. The van der Waals surface area contributed by atoms with Gasteiger partial charge in [-0.15, -0.1) is 10.2 Å². The van der Waals surface area contributed by atoms with Crippen molar-refractivity contribution in [1.29, 1.82) is 0 Å². The van der Waals surface area contributed by atoms with Crippen LogP contribution in [0.3, 0.4) is 0 Å². The van der Waals surface area contributed by atoms with Gasteiger partial charge in [0, 0.05) is 23.8 Å². The number of nitrogens with one attached hydrogen (secondary N) is 2. The van der Waals surface area contributed by atoms with Gasteiger partial charge < -0.3 is 10.3 Å². The number of aromatic nitrogens is 5. The van der Waals surface area contributed by atoms with Crippen molar-refractivity contribution in [3.63, 3.8) is 0 Å². The van der Waals surface area contributed by atoms with Crippen LogP contribution in [0.15, 0.2) is 43.1 Å². The van der Waals surface area contributed by atoms with Crippen LogP contribution in [-0.2, 0) is 6.42 Å². The van der Waals surface area contributed by atoms with E-state index in [4.69, 9.17) is 11.6 Å². The third-order valence-corrected chi connectivity index (χ3v) is 5.10. The topological polar surface area (TPSA) is 88.5 Å². The number of nitrogens with zero attached hydrogens (tertiary/aromatic N) is 4. The number of carbonyl (C=O) groups is 1. The highest BCUT2D eigenvalue weighted by Gasteiger charge is 2.14. The molecule has 0 spiro atoms. The van der Waals surface area contributed by atoms with Gasteiger partial charge in [-0.1, -0.05) is 17.7 Å². The van der Waals surface area contributed by atoms with Crippen molar-refractivity contribution in [2.75, 3.05) is 6.54 Å². The van der Waals surface area contributed by atoms with Gasteiger partial charge in [0.25, 0.3) is 5.91 Å². The van der Waals surface area contributed by atoms with Crippen molar-refractivity contribution < 1.29 is 4.79 Å². The molecule has 0 atom stereocenters. The van der Waals surface area contributed by atoms with E-state index in [0.29, 0.717) is 24.3 Å². The van der Waals surface area contributed by atoms with E-state index in [1.807, 2.05) is 19.1 Å². The SMILES string of the molecule is Cc1[nH]c2c(C)ccc(Cl)c2c1CCNC(=O)c1ccc(-n2cnnc2)nc1. The van der Waals surface area contributed by atoms with E-state index in [-0.39, 0.29) is 5.91 Å². The van der Waals surface area contributed by atoms with E-state index in [2.05, 4.69) is 32.4 Å². The van der Waals surface area contributed by atoms with Crippen molar-refractivity contribution in [2.24, 2.45) is 0 Å². The molecule has 1 aromatic carbocycles. The van der Waals surface area contributed by atoms with Crippen LogP contribution >= 0.6 is 11.6 Å². The van der Waals surface area contributed by atoms with Crippen LogP contribution in [0.5, 0.6) is 0 Å². The molecule has 0 saturated carbocycles. The van der Waals surface area contributed by atoms with Crippen molar-refractivity contribution in [3.8, 4) is 5.82 Å². The molecule has 142 valence electrons. The molecule has 7 nitrogen and oxygen atoms in total. The second-order valence-electron chi connectivity index (χ2n) is 6.62. The lowest BCUT2D eigenvalue weighted by Gasteiger charge is -2.07. The van der Waals surface area contributed by atoms with Crippen molar-refractivity contribution >= 4 is 28.4 Å². The lowest BCUT2D eigenvalue weighted by Crippen LogP contribution is -2.26. The Bertz CT molecular complexity index is 1130. The fourth-order valence-corrected chi connectivity index (χ4v) is 3.57. The van der Waals surface area contributed by atoms with Crippen LogP contribution in [0.1, 0.15) is 27.2 Å². The molecule has 0 radical (unpaired) electrons. The van der Waals surface area contributed by atoms with Gasteiger partial charge >= 0.3 is 0 Å². The number of fused-ring (bicyclic) bond motifs is 1. The predicted octanol–water partition coefficient (Wildman–Crippen LogP) is 3.39. The Balaban J connectivity index is 1.44. The number of carbonyl (C=O) groups excluding carboxylic acids is 1. The van der Waals surface area contributed by atoms with Gasteiger partial charge in [-0.25, -0.2) is 4.98 Å². The number of benzene rings is 1. The van der Waals surface area contributed by atoms with Crippen LogP contribution in [-0.4, -0.2) is 37.2 Å². The van der Waals surface area contributed by atoms with E-state index in [9.17, 15) is 4.79 Å². The molecule has 3 heterocycles. The number of amides is 1. The molecule has 4 aromatic rings. The third kappa shape index (κ3) is 3.36. The Morgan fingerprint density at radius 1 is 1.18 bits per heavy atom. The number of hydrogen-bond donors (Lipinski definition) is 2. The molecule has 3 aromatic heterocycles. The number of pyridine rings is 1. The number of aromatic amines is 1. The van der Waals surface area contributed by atoms with Crippen LogP contribution < -0.4 is 5.32 Å². The largest absolute Gasteiger partial charge is 0.358 e. The zero-order valence-electron chi connectivity index (χ0n) is 15.5. The molecule has 0 unspecified atom stereocenters. The highest BCUT2D eigenvalue weighted by atomic mass is 35.5. The summed E-state index contributed by atoms with van der Waals surface area (Å²) < 4.78 is 1.67. The lowest BCUT2D eigenvalue weighted by atomic mass is 10.1. The summed E-state index contributed by atoms with van der Waals surface area (Å²) >= 11 is 6.42. The number of hydrogen-bond acceptors (Lipinski definition) is 4. The minimum Gasteiger partial charge on any atom is -0.358 e. The predicted molar refractivity (Wildman–Crippen MR) is 108 cm³/mol. The molecule has 0 bridgehead atoms. The molecule has 1 amide bonds. The van der Waals surface area contributed by atoms with E-state index in [1.165, 1.54) is 0 Å². The number of rotatable bonds is 5. The van der Waals surface area contributed by atoms with E-state index in [0.717, 1.165) is 32.7 Å². The maximum Gasteiger partial charge on any atom is 0.252 e. The Kier molecular flexibility index (Phi) is 4.83. The van der Waals surface area contributed by atoms with Gasteiger partial charge in [-0.3, -0.25) is 9.36 Å². The van der Waals surface area contributed by atoms with Crippen molar-refractivity contribution in [3.05, 3.63) is 70.5 Å². The minimum atomic E-state index is -0.164. The number of H-pyrrole nitrogens is 1. The Labute approximate surface area is 166 Å².